The lowest BCUT2D eigenvalue weighted by Crippen LogP contribution is -2.34. The summed E-state index contributed by atoms with van der Waals surface area (Å²) in [7, 11) is 0. The lowest BCUT2D eigenvalue weighted by atomic mass is 10.2. The van der Waals surface area contributed by atoms with Crippen LogP contribution in [0.15, 0.2) is 0 Å². The second-order valence-electron chi connectivity index (χ2n) is 4.43. The van der Waals surface area contributed by atoms with Crippen LogP contribution in [0.1, 0.15) is 27.2 Å². The zero-order valence-electron chi connectivity index (χ0n) is 8.53. The van der Waals surface area contributed by atoms with Gasteiger partial charge < -0.3 is 15.2 Å². The molecule has 2 atom stereocenters. The van der Waals surface area contributed by atoms with Crippen LogP contribution in [-0.4, -0.2) is 28.8 Å². The van der Waals surface area contributed by atoms with Crippen LogP contribution >= 0.6 is 0 Å². The zero-order valence-corrected chi connectivity index (χ0v) is 8.53. The molecular weight excluding hydrogens is 186 g/mol. The van der Waals surface area contributed by atoms with Crippen molar-refractivity contribution in [2.75, 3.05) is 0 Å². The molecule has 80 valence electrons. The molecule has 0 aromatic heterocycles. The van der Waals surface area contributed by atoms with E-state index in [2.05, 4.69) is 5.32 Å². The summed E-state index contributed by atoms with van der Waals surface area (Å²) in [5.41, 5.74) is -0.544. The summed E-state index contributed by atoms with van der Waals surface area (Å²) in [4.78, 5) is 21.6. The minimum Gasteiger partial charge on any atom is -0.481 e. The van der Waals surface area contributed by atoms with E-state index < -0.39 is 23.6 Å². The minimum atomic E-state index is -0.869. The summed E-state index contributed by atoms with van der Waals surface area (Å²) in [5, 5.41) is 11.1. The van der Waals surface area contributed by atoms with Crippen LogP contribution < -0.4 is 5.32 Å². The number of ether oxygens (including phenoxy) is 1. The van der Waals surface area contributed by atoms with Gasteiger partial charge in [0.25, 0.3) is 0 Å². The highest BCUT2D eigenvalue weighted by atomic mass is 16.6. The van der Waals surface area contributed by atoms with Crippen molar-refractivity contribution >= 4 is 12.1 Å². The number of amides is 1. The number of carbonyl (C=O) groups is 2. The smallest absolute Gasteiger partial charge is 0.407 e. The number of alkyl carbamates (subject to hydrolysis) is 1. The second kappa shape index (κ2) is 3.48. The van der Waals surface area contributed by atoms with Gasteiger partial charge in [-0.1, -0.05) is 0 Å². The third-order valence-corrected chi connectivity index (χ3v) is 1.81. The molecule has 0 aromatic carbocycles. The molecule has 0 spiro atoms. The quantitative estimate of drug-likeness (QED) is 0.698. The molecule has 1 aliphatic rings. The third-order valence-electron chi connectivity index (χ3n) is 1.81. The van der Waals surface area contributed by atoms with Gasteiger partial charge >= 0.3 is 12.1 Å². The number of carboxylic acid groups (broad SMARTS) is 1. The summed E-state index contributed by atoms with van der Waals surface area (Å²) >= 11 is 0. The first-order chi connectivity index (χ1) is 6.29. The van der Waals surface area contributed by atoms with Crippen molar-refractivity contribution in [1.29, 1.82) is 0 Å². The summed E-state index contributed by atoms with van der Waals surface area (Å²) in [6.07, 6.45) is -0.0551. The molecule has 1 fully saturated rings. The van der Waals surface area contributed by atoms with Gasteiger partial charge in [0.05, 0.1) is 5.92 Å². The molecule has 0 aliphatic heterocycles. The maximum Gasteiger partial charge on any atom is 0.407 e. The van der Waals surface area contributed by atoms with E-state index in [-0.39, 0.29) is 6.04 Å². The number of rotatable bonds is 2. The van der Waals surface area contributed by atoms with Gasteiger partial charge in [-0.15, -0.1) is 0 Å². The molecule has 14 heavy (non-hydrogen) atoms. The maximum absolute atomic E-state index is 11.2. The second-order valence-corrected chi connectivity index (χ2v) is 4.43. The topological polar surface area (TPSA) is 75.6 Å². The molecule has 5 nitrogen and oxygen atoms in total. The lowest BCUT2D eigenvalue weighted by molar-refractivity contribution is -0.138. The van der Waals surface area contributed by atoms with Gasteiger partial charge in [-0.05, 0) is 27.2 Å². The van der Waals surface area contributed by atoms with E-state index in [1.54, 1.807) is 20.8 Å². The Balaban J connectivity index is 2.27. The van der Waals surface area contributed by atoms with Crippen LogP contribution in [0.5, 0.6) is 0 Å². The Morgan fingerprint density at radius 2 is 2.00 bits per heavy atom. The molecule has 0 bridgehead atoms. The fraction of sp³-hybridized carbons (Fsp3) is 0.778. The first kappa shape index (κ1) is 10.8. The fourth-order valence-electron chi connectivity index (χ4n) is 1.09. The fourth-order valence-corrected chi connectivity index (χ4v) is 1.09. The average Bonchev–Trinajstić information content (AvgIpc) is 2.61. The predicted molar refractivity (Wildman–Crippen MR) is 48.9 cm³/mol. The maximum atomic E-state index is 11.2. The largest absolute Gasteiger partial charge is 0.481 e. The monoisotopic (exact) mass is 201 g/mol. The molecule has 5 heteroatoms. The molecule has 1 rings (SSSR count). The highest BCUT2D eigenvalue weighted by Gasteiger charge is 2.44. The third kappa shape index (κ3) is 3.24. The van der Waals surface area contributed by atoms with Crippen molar-refractivity contribution in [3.63, 3.8) is 0 Å². The lowest BCUT2D eigenvalue weighted by Gasteiger charge is -2.19. The van der Waals surface area contributed by atoms with Crippen molar-refractivity contribution in [1.82, 2.24) is 5.32 Å². The Labute approximate surface area is 82.4 Å². The normalized spacial score (nSPS) is 25.4. The molecule has 0 saturated heterocycles. The summed E-state index contributed by atoms with van der Waals surface area (Å²) in [5.74, 6) is -1.31. The van der Waals surface area contributed by atoms with Gasteiger partial charge in [-0.25, -0.2) is 4.79 Å². The minimum absolute atomic E-state index is 0.262. The van der Waals surface area contributed by atoms with Crippen molar-refractivity contribution in [3.05, 3.63) is 0 Å². The predicted octanol–water partition coefficient (Wildman–Crippen LogP) is 0.984. The van der Waals surface area contributed by atoms with E-state index in [1.807, 2.05) is 0 Å². The first-order valence-electron chi connectivity index (χ1n) is 4.52. The van der Waals surface area contributed by atoms with Gasteiger partial charge in [0.1, 0.15) is 5.60 Å². The summed E-state index contributed by atoms with van der Waals surface area (Å²) < 4.78 is 4.97. The number of hydrogen-bond donors (Lipinski definition) is 2. The van der Waals surface area contributed by atoms with Gasteiger partial charge in [-0.2, -0.15) is 0 Å². The molecule has 0 aromatic rings. The molecule has 0 heterocycles. The van der Waals surface area contributed by atoms with Crippen molar-refractivity contribution < 1.29 is 19.4 Å². The van der Waals surface area contributed by atoms with Crippen LogP contribution in [0.25, 0.3) is 0 Å². The number of aliphatic carboxylic acids is 1. The zero-order chi connectivity index (χ0) is 10.9. The number of carbonyl (C=O) groups excluding carboxylic acids is 1. The van der Waals surface area contributed by atoms with Gasteiger partial charge in [-0.3, -0.25) is 4.79 Å². The molecule has 2 unspecified atom stereocenters. The van der Waals surface area contributed by atoms with E-state index in [9.17, 15) is 9.59 Å². The molecule has 1 saturated carbocycles. The molecular formula is C9H15NO4. The number of hydrogen-bond acceptors (Lipinski definition) is 3. The van der Waals surface area contributed by atoms with Crippen molar-refractivity contribution in [2.24, 2.45) is 5.92 Å². The average molecular weight is 201 g/mol. The standard InChI is InChI=1S/C9H15NO4/c1-9(2,3)14-8(13)10-6-4-5(6)7(11)12/h5-6H,4H2,1-3H3,(H,10,13)(H,11,12). The number of carboxylic acids is 1. The van der Waals surface area contributed by atoms with Crippen LogP contribution in [0.3, 0.4) is 0 Å². The van der Waals surface area contributed by atoms with Crippen molar-refractivity contribution in [3.8, 4) is 0 Å². The molecule has 1 aliphatic carbocycles. The Hall–Kier alpha value is -1.26. The van der Waals surface area contributed by atoms with E-state index in [4.69, 9.17) is 9.84 Å². The molecule has 2 N–H and O–H groups in total. The van der Waals surface area contributed by atoms with E-state index in [0.29, 0.717) is 6.42 Å². The summed E-state index contributed by atoms with van der Waals surface area (Å²) in [6, 6.07) is -0.262. The molecule has 0 radical (unpaired) electrons. The van der Waals surface area contributed by atoms with Crippen LogP contribution in [-0.2, 0) is 9.53 Å². The highest BCUT2D eigenvalue weighted by molar-refractivity contribution is 5.77. The number of nitrogens with one attached hydrogen (secondary N) is 1. The molecule has 1 amide bonds. The Morgan fingerprint density at radius 1 is 1.43 bits per heavy atom. The Morgan fingerprint density at radius 3 is 2.36 bits per heavy atom. The van der Waals surface area contributed by atoms with E-state index in [0.717, 1.165) is 0 Å². The van der Waals surface area contributed by atoms with Gasteiger partial charge in [0.2, 0.25) is 0 Å². The van der Waals surface area contributed by atoms with Crippen LogP contribution in [0, 0.1) is 5.92 Å². The Bertz CT molecular complexity index is 256. The SMILES string of the molecule is CC(C)(C)OC(=O)NC1CC1C(=O)O. The van der Waals surface area contributed by atoms with Crippen LogP contribution in [0.2, 0.25) is 0 Å². The van der Waals surface area contributed by atoms with E-state index >= 15 is 0 Å². The van der Waals surface area contributed by atoms with E-state index in [1.165, 1.54) is 0 Å². The summed E-state index contributed by atoms with van der Waals surface area (Å²) in [6.45, 7) is 5.27. The van der Waals surface area contributed by atoms with Crippen molar-refractivity contribution in [2.45, 2.75) is 38.8 Å². The Kier molecular flexibility index (Phi) is 2.69. The van der Waals surface area contributed by atoms with Gasteiger partial charge in [0.15, 0.2) is 0 Å². The first-order valence-corrected chi connectivity index (χ1v) is 4.52. The van der Waals surface area contributed by atoms with Crippen LogP contribution in [0.4, 0.5) is 4.79 Å². The highest BCUT2D eigenvalue weighted by Crippen LogP contribution is 2.30. The van der Waals surface area contributed by atoms with Gasteiger partial charge in [0, 0.05) is 6.04 Å².